The second kappa shape index (κ2) is 3.04. The lowest BCUT2D eigenvalue weighted by Gasteiger charge is -2.36. The molecule has 0 saturated heterocycles. The first-order valence-electron chi connectivity index (χ1n) is 5.17. The minimum absolute atomic E-state index is 0.0891. The van der Waals surface area contributed by atoms with Gasteiger partial charge in [-0.3, -0.25) is 0 Å². The third-order valence-corrected chi connectivity index (χ3v) is 4.01. The molecule has 1 aromatic heterocycles. The minimum atomic E-state index is -0.0891. The zero-order chi connectivity index (χ0) is 10.4. The Kier molecular flexibility index (Phi) is 2.20. The average molecular weight is 210 g/mol. The van der Waals surface area contributed by atoms with Crippen molar-refractivity contribution in [3.63, 3.8) is 0 Å². The van der Waals surface area contributed by atoms with E-state index in [4.69, 9.17) is 5.73 Å². The number of thiazole rings is 1. The molecule has 0 aromatic carbocycles. The highest BCUT2D eigenvalue weighted by Gasteiger charge is 2.37. The largest absolute Gasteiger partial charge is 0.319 e. The molecule has 14 heavy (non-hydrogen) atoms. The van der Waals surface area contributed by atoms with Crippen LogP contribution in [0.2, 0.25) is 0 Å². The van der Waals surface area contributed by atoms with Crippen molar-refractivity contribution in [3.8, 4) is 0 Å². The Balaban J connectivity index is 2.26. The molecule has 3 heteroatoms. The average Bonchev–Trinajstić information content (AvgIpc) is 2.46. The number of hydrogen-bond donors (Lipinski definition) is 1. The summed E-state index contributed by atoms with van der Waals surface area (Å²) in [6.45, 7) is 6.57. The number of rotatable bonds is 1. The van der Waals surface area contributed by atoms with E-state index in [-0.39, 0.29) is 11.0 Å². The predicted octanol–water partition coefficient (Wildman–Crippen LogP) is 2.78. The Hall–Kier alpha value is -0.410. The fraction of sp³-hybridized carbons (Fsp3) is 0.727. The topological polar surface area (TPSA) is 38.9 Å². The zero-order valence-corrected chi connectivity index (χ0v) is 9.95. The van der Waals surface area contributed by atoms with Crippen molar-refractivity contribution in [2.45, 2.75) is 51.0 Å². The van der Waals surface area contributed by atoms with Crippen LogP contribution in [0.3, 0.4) is 0 Å². The van der Waals surface area contributed by atoms with Crippen molar-refractivity contribution in [3.05, 3.63) is 16.1 Å². The van der Waals surface area contributed by atoms with Crippen LogP contribution in [0.25, 0.3) is 0 Å². The summed E-state index contributed by atoms with van der Waals surface area (Å²) in [7, 11) is 0. The van der Waals surface area contributed by atoms with Gasteiger partial charge in [0.2, 0.25) is 0 Å². The van der Waals surface area contributed by atoms with E-state index in [2.05, 4.69) is 31.1 Å². The van der Waals surface area contributed by atoms with Crippen molar-refractivity contribution in [1.29, 1.82) is 0 Å². The van der Waals surface area contributed by atoms with E-state index in [9.17, 15) is 0 Å². The Morgan fingerprint density at radius 3 is 2.43 bits per heavy atom. The predicted molar refractivity (Wildman–Crippen MR) is 60.5 cm³/mol. The fourth-order valence-corrected chi connectivity index (χ4v) is 2.84. The molecule has 0 spiro atoms. The van der Waals surface area contributed by atoms with Crippen LogP contribution < -0.4 is 5.73 Å². The van der Waals surface area contributed by atoms with Gasteiger partial charge in [-0.25, -0.2) is 4.98 Å². The van der Waals surface area contributed by atoms with Crippen molar-refractivity contribution in [1.82, 2.24) is 4.98 Å². The van der Waals surface area contributed by atoms with Crippen molar-refractivity contribution < 1.29 is 0 Å². The maximum atomic E-state index is 6.23. The maximum Gasteiger partial charge on any atom is 0.113 e. The molecule has 2 rings (SSSR count). The van der Waals surface area contributed by atoms with Crippen LogP contribution in [0, 0.1) is 0 Å². The Bertz CT molecular complexity index is 331. The maximum absolute atomic E-state index is 6.23. The van der Waals surface area contributed by atoms with Gasteiger partial charge in [-0.2, -0.15) is 0 Å². The lowest BCUT2D eigenvalue weighted by molar-refractivity contribution is 0.252. The van der Waals surface area contributed by atoms with Crippen LogP contribution in [0.1, 0.15) is 50.7 Å². The Labute approximate surface area is 89.5 Å². The normalized spacial score (nSPS) is 20.6. The lowest BCUT2D eigenvalue weighted by Crippen LogP contribution is -2.43. The third-order valence-electron chi connectivity index (χ3n) is 2.94. The van der Waals surface area contributed by atoms with Crippen LogP contribution in [0.15, 0.2) is 5.38 Å². The van der Waals surface area contributed by atoms with Gasteiger partial charge in [0.1, 0.15) is 5.01 Å². The summed E-state index contributed by atoms with van der Waals surface area (Å²) in [6.07, 6.45) is 3.45. The molecular formula is C11H18N2S. The SMILES string of the molecule is CC(C)(C)c1csc(C2(N)CCC2)n1. The van der Waals surface area contributed by atoms with E-state index in [0.29, 0.717) is 0 Å². The monoisotopic (exact) mass is 210 g/mol. The van der Waals surface area contributed by atoms with Gasteiger partial charge in [0.15, 0.2) is 0 Å². The quantitative estimate of drug-likeness (QED) is 0.774. The molecule has 0 unspecified atom stereocenters. The first-order valence-corrected chi connectivity index (χ1v) is 6.05. The van der Waals surface area contributed by atoms with E-state index in [1.54, 1.807) is 11.3 Å². The van der Waals surface area contributed by atoms with E-state index in [0.717, 1.165) is 17.8 Å². The van der Waals surface area contributed by atoms with Gasteiger partial charge in [-0.1, -0.05) is 20.8 Å². The molecule has 1 aromatic rings. The first-order chi connectivity index (χ1) is 6.42. The lowest BCUT2D eigenvalue weighted by atomic mass is 9.78. The summed E-state index contributed by atoms with van der Waals surface area (Å²) in [4.78, 5) is 4.67. The number of nitrogens with zero attached hydrogens (tertiary/aromatic N) is 1. The molecule has 1 aliphatic carbocycles. The summed E-state index contributed by atoms with van der Waals surface area (Å²) in [5.41, 5.74) is 7.46. The van der Waals surface area contributed by atoms with Crippen LogP contribution >= 0.6 is 11.3 Å². The van der Waals surface area contributed by atoms with Crippen LogP contribution in [0.4, 0.5) is 0 Å². The first kappa shape index (κ1) is 10.1. The van der Waals surface area contributed by atoms with E-state index < -0.39 is 0 Å². The van der Waals surface area contributed by atoms with Crippen LogP contribution in [-0.4, -0.2) is 4.98 Å². The molecule has 0 aliphatic heterocycles. The van der Waals surface area contributed by atoms with Crippen molar-refractivity contribution in [2.75, 3.05) is 0 Å². The van der Waals surface area contributed by atoms with Gasteiger partial charge in [-0.05, 0) is 19.3 Å². The van der Waals surface area contributed by atoms with Gasteiger partial charge in [0.05, 0.1) is 11.2 Å². The second-order valence-electron chi connectivity index (χ2n) is 5.30. The third kappa shape index (κ3) is 1.59. The van der Waals surface area contributed by atoms with Gasteiger partial charge >= 0.3 is 0 Å². The van der Waals surface area contributed by atoms with E-state index >= 15 is 0 Å². The van der Waals surface area contributed by atoms with Gasteiger partial charge < -0.3 is 5.73 Å². The van der Waals surface area contributed by atoms with Gasteiger partial charge in [0, 0.05) is 10.8 Å². The summed E-state index contributed by atoms with van der Waals surface area (Å²) in [6, 6.07) is 0. The van der Waals surface area contributed by atoms with E-state index in [1.165, 1.54) is 12.1 Å². The molecule has 78 valence electrons. The molecule has 2 nitrogen and oxygen atoms in total. The Morgan fingerprint density at radius 2 is 2.07 bits per heavy atom. The summed E-state index contributed by atoms with van der Waals surface area (Å²) in [5.74, 6) is 0. The van der Waals surface area contributed by atoms with Crippen molar-refractivity contribution in [2.24, 2.45) is 5.73 Å². The second-order valence-corrected chi connectivity index (χ2v) is 6.16. The summed E-state index contributed by atoms with van der Waals surface area (Å²) in [5, 5.41) is 3.29. The smallest absolute Gasteiger partial charge is 0.113 e. The molecular weight excluding hydrogens is 192 g/mol. The van der Waals surface area contributed by atoms with Gasteiger partial charge in [-0.15, -0.1) is 11.3 Å². The Morgan fingerprint density at radius 1 is 1.43 bits per heavy atom. The van der Waals surface area contributed by atoms with E-state index in [1.807, 2.05) is 0 Å². The molecule has 0 radical (unpaired) electrons. The minimum Gasteiger partial charge on any atom is -0.319 e. The molecule has 1 heterocycles. The van der Waals surface area contributed by atoms with Crippen LogP contribution in [0.5, 0.6) is 0 Å². The molecule has 1 aliphatic rings. The van der Waals surface area contributed by atoms with Crippen molar-refractivity contribution >= 4 is 11.3 Å². The van der Waals surface area contributed by atoms with Crippen LogP contribution in [-0.2, 0) is 11.0 Å². The highest BCUT2D eigenvalue weighted by Crippen LogP contribution is 2.40. The molecule has 1 saturated carbocycles. The highest BCUT2D eigenvalue weighted by atomic mass is 32.1. The summed E-state index contributed by atoms with van der Waals surface area (Å²) >= 11 is 1.72. The highest BCUT2D eigenvalue weighted by molar-refractivity contribution is 7.09. The molecule has 0 amide bonds. The molecule has 0 atom stereocenters. The van der Waals surface area contributed by atoms with Gasteiger partial charge in [0.25, 0.3) is 0 Å². The number of nitrogens with two attached hydrogens (primary N) is 1. The number of aromatic nitrogens is 1. The molecule has 2 N–H and O–H groups in total. The summed E-state index contributed by atoms with van der Waals surface area (Å²) < 4.78 is 0. The molecule has 1 fully saturated rings. The molecule has 0 bridgehead atoms. The fourth-order valence-electron chi connectivity index (χ4n) is 1.62. The number of hydrogen-bond acceptors (Lipinski definition) is 3. The standard InChI is InChI=1S/C11H18N2S/c1-10(2,3)8-7-14-9(13-8)11(12)5-4-6-11/h7H,4-6,12H2,1-3H3. The zero-order valence-electron chi connectivity index (χ0n) is 9.13.